The molecule has 7 nitrogen and oxygen atoms in total. The van der Waals surface area contributed by atoms with Gasteiger partial charge in [0.15, 0.2) is 5.75 Å². The molecular formula is C19H13BrCl2N2O5. The van der Waals surface area contributed by atoms with E-state index in [1.807, 2.05) is 24.3 Å². The Bertz CT molecular complexity index is 1000. The van der Waals surface area contributed by atoms with E-state index in [9.17, 15) is 14.4 Å². The Morgan fingerprint density at radius 3 is 2.38 bits per heavy atom. The normalized spacial score (nSPS) is 15.0. The van der Waals surface area contributed by atoms with Crippen molar-refractivity contribution in [1.82, 2.24) is 10.2 Å². The number of aliphatic carboxylic acids is 1. The molecule has 2 aromatic carbocycles. The van der Waals surface area contributed by atoms with Gasteiger partial charge in [0.25, 0.3) is 5.91 Å². The fourth-order valence-electron chi connectivity index (χ4n) is 2.55. The lowest BCUT2D eigenvalue weighted by atomic mass is 10.1. The standard InChI is InChI=1S/C19H13BrCl2N2O5/c20-12-3-1-10(2-4-12)9-29-17-13(21)5-11(6-14(17)22)7-15-18(27)24(8-16(25)26)19(28)23-15/h1-7H,8-9H2,(H,23,28)(H,25,26)/b15-7+. The number of carbonyl (C=O) groups excluding carboxylic acids is 2. The summed E-state index contributed by atoms with van der Waals surface area (Å²) in [5.41, 5.74) is 1.29. The van der Waals surface area contributed by atoms with Crippen molar-refractivity contribution in [2.45, 2.75) is 6.61 Å². The summed E-state index contributed by atoms with van der Waals surface area (Å²) < 4.78 is 6.66. The first-order chi connectivity index (χ1) is 13.7. The van der Waals surface area contributed by atoms with Gasteiger partial charge in [-0.05, 0) is 41.5 Å². The molecule has 150 valence electrons. The van der Waals surface area contributed by atoms with Crippen molar-refractivity contribution in [3.8, 4) is 5.75 Å². The maximum Gasteiger partial charge on any atom is 0.329 e. The SMILES string of the molecule is O=C(O)CN1C(=O)N/C(=C/c2cc(Cl)c(OCc3ccc(Br)cc3)c(Cl)c2)C1=O. The van der Waals surface area contributed by atoms with Crippen LogP contribution in [0.4, 0.5) is 4.79 Å². The quantitative estimate of drug-likeness (QED) is 0.456. The number of nitrogens with one attached hydrogen (secondary N) is 1. The third kappa shape index (κ3) is 5.09. The summed E-state index contributed by atoms with van der Waals surface area (Å²) >= 11 is 15.9. The molecule has 0 saturated carbocycles. The number of carbonyl (C=O) groups is 3. The Morgan fingerprint density at radius 1 is 1.17 bits per heavy atom. The van der Waals surface area contributed by atoms with E-state index in [-0.39, 0.29) is 28.1 Å². The minimum Gasteiger partial charge on any atom is -0.486 e. The van der Waals surface area contributed by atoms with Crippen molar-refractivity contribution >= 4 is 63.1 Å². The van der Waals surface area contributed by atoms with E-state index < -0.39 is 24.5 Å². The van der Waals surface area contributed by atoms with Gasteiger partial charge >= 0.3 is 12.0 Å². The zero-order chi connectivity index (χ0) is 21.1. The molecule has 1 fully saturated rings. The Hall–Kier alpha value is -2.55. The molecule has 0 unspecified atom stereocenters. The predicted molar refractivity (Wildman–Crippen MR) is 111 cm³/mol. The number of benzene rings is 2. The third-order valence-corrected chi connectivity index (χ3v) is 4.97. The highest BCUT2D eigenvalue weighted by atomic mass is 79.9. The first-order valence-corrected chi connectivity index (χ1v) is 9.72. The molecule has 29 heavy (non-hydrogen) atoms. The molecule has 10 heteroatoms. The van der Waals surface area contributed by atoms with Gasteiger partial charge in [0, 0.05) is 4.47 Å². The summed E-state index contributed by atoms with van der Waals surface area (Å²) in [7, 11) is 0. The van der Waals surface area contributed by atoms with E-state index >= 15 is 0 Å². The zero-order valence-electron chi connectivity index (χ0n) is 14.6. The van der Waals surface area contributed by atoms with Gasteiger partial charge in [0.1, 0.15) is 18.8 Å². The number of carboxylic acids is 1. The number of hydrogen-bond donors (Lipinski definition) is 2. The van der Waals surface area contributed by atoms with Crippen molar-refractivity contribution in [1.29, 1.82) is 0 Å². The van der Waals surface area contributed by atoms with Crippen molar-refractivity contribution in [2.75, 3.05) is 6.54 Å². The number of ether oxygens (including phenoxy) is 1. The van der Waals surface area contributed by atoms with Crippen molar-refractivity contribution in [3.63, 3.8) is 0 Å². The molecule has 0 aromatic heterocycles. The molecule has 1 aliphatic rings. The number of imide groups is 1. The Kier molecular flexibility index (Phi) is 6.46. The van der Waals surface area contributed by atoms with Gasteiger partial charge in [-0.15, -0.1) is 0 Å². The average Bonchev–Trinajstić information content (AvgIpc) is 2.89. The summed E-state index contributed by atoms with van der Waals surface area (Å²) in [6.45, 7) is -0.474. The molecule has 2 aromatic rings. The van der Waals surface area contributed by atoms with Crippen molar-refractivity contribution in [3.05, 3.63) is 67.7 Å². The zero-order valence-corrected chi connectivity index (χ0v) is 17.7. The maximum atomic E-state index is 12.2. The van der Waals surface area contributed by atoms with Crippen LogP contribution in [-0.4, -0.2) is 34.5 Å². The van der Waals surface area contributed by atoms with Gasteiger partial charge in [-0.3, -0.25) is 9.59 Å². The molecule has 0 aliphatic carbocycles. The summed E-state index contributed by atoms with van der Waals surface area (Å²) in [5.74, 6) is -1.76. The van der Waals surface area contributed by atoms with Crippen LogP contribution in [0.1, 0.15) is 11.1 Å². The van der Waals surface area contributed by atoms with E-state index in [1.54, 1.807) is 0 Å². The van der Waals surface area contributed by atoms with Gasteiger partial charge in [0.2, 0.25) is 0 Å². The summed E-state index contributed by atoms with van der Waals surface area (Å²) in [6.07, 6.45) is 1.36. The Balaban J connectivity index is 1.77. The highest BCUT2D eigenvalue weighted by Crippen LogP contribution is 2.35. The minimum absolute atomic E-state index is 0.0769. The van der Waals surface area contributed by atoms with Crippen molar-refractivity contribution in [2.24, 2.45) is 0 Å². The molecule has 0 bridgehead atoms. The molecule has 1 aliphatic heterocycles. The first-order valence-electron chi connectivity index (χ1n) is 8.17. The van der Waals surface area contributed by atoms with Gasteiger partial charge in [-0.25, -0.2) is 9.69 Å². The Labute approximate surface area is 184 Å². The monoisotopic (exact) mass is 498 g/mol. The van der Waals surface area contributed by atoms with Crippen LogP contribution in [-0.2, 0) is 16.2 Å². The predicted octanol–water partition coefficient (Wildman–Crippen LogP) is 4.31. The van der Waals surface area contributed by atoms with Crippen LogP contribution in [0, 0.1) is 0 Å². The summed E-state index contributed by atoms with van der Waals surface area (Å²) in [4.78, 5) is 35.3. The summed E-state index contributed by atoms with van der Waals surface area (Å²) in [6, 6.07) is 9.79. The molecule has 1 heterocycles. The molecule has 1 saturated heterocycles. The number of urea groups is 1. The number of nitrogens with zero attached hydrogens (tertiary/aromatic N) is 1. The highest BCUT2D eigenvalue weighted by molar-refractivity contribution is 9.10. The molecular weight excluding hydrogens is 487 g/mol. The number of halogens is 3. The second-order valence-electron chi connectivity index (χ2n) is 6.00. The molecule has 0 atom stereocenters. The van der Waals surface area contributed by atoms with E-state index in [2.05, 4.69) is 21.2 Å². The van der Waals surface area contributed by atoms with Crippen LogP contribution in [0.5, 0.6) is 5.75 Å². The largest absolute Gasteiger partial charge is 0.486 e. The summed E-state index contributed by atoms with van der Waals surface area (Å²) in [5, 5.41) is 11.6. The van der Waals surface area contributed by atoms with Crippen LogP contribution in [0.15, 0.2) is 46.6 Å². The van der Waals surface area contributed by atoms with Crippen LogP contribution in [0.2, 0.25) is 10.0 Å². The molecule has 0 spiro atoms. The average molecular weight is 500 g/mol. The fraction of sp³-hybridized carbons (Fsp3) is 0.105. The fourth-order valence-corrected chi connectivity index (χ4v) is 3.43. The number of rotatable bonds is 6. The lowest BCUT2D eigenvalue weighted by molar-refractivity contribution is -0.140. The highest BCUT2D eigenvalue weighted by Gasteiger charge is 2.34. The third-order valence-electron chi connectivity index (χ3n) is 3.88. The van der Waals surface area contributed by atoms with Crippen LogP contribution < -0.4 is 10.1 Å². The second kappa shape index (κ2) is 8.86. The molecule has 2 N–H and O–H groups in total. The Morgan fingerprint density at radius 2 is 1.79 bits per heavy atom. The van der Waals surface area contributed by atoms with Gasteiger partial charge < -0.3 is 15.2 Å². The lowest BCUT2D eigenvalue weighted by Crippen LogP contribution is -2.35. The minimum atomic E-state index is -1.30. The van der Waals surface area contributed by atoms with Gasteiger partial charge in [-0.2, -0.15) is 0 Å². The molecule has 3 amide bonds. The van der Waals surface area contributed by atoms with E-state index in [0.29, 0.717) is 10.5 Å². The van der Waals surface area contributed by atoms with E-state index in [0.717, 1.165) is 10.0 Å². The van der Waals surface area contributed by atoms with E-state index in [4.69, 9.17) is 33.0 Å². The topological polar surface area (TPSA) is 95.9 Å². The number of carboxylic acid groups (broad SMARTS) is 1. The lowest BCUT2D eigenvalue weighted by Gasteiger charge is -2.11. The molecule has 3 rings (SSSR count). The number of hydrogen-bond acceptors (Lipinski definition) is 4. The van der Waals surface area contributed by atoms with Crippen LogP contribution in [0.25, 0.3) is 6.08 Å². The maximum absolute atomic E-state index is 12.2. The van der Waals surface area contributed by atoms with Crippen molar-refractivity contribution < 1.29 is 24.2 Å². The second-order valence-corrected chi connectivity index (χ2v) is 7.73. The first kappa shape index (κ1) is 21.2. The van der Waals surface area contributed by atoms with Crippen LogP contribution in [0.3, 0.4) is 0 Å². The van der Waals surface area contributed by atoms with E-state index in [1.165, 1.54) is 18.2 Å². The molecule has 0 radical (unpaired) electrons. The van der Waals surface area contributed by atoms with Crippen LogP contribution >= 0.6 is 39.1 Å². The van der Waals surface area contributed by atoms with Gasteiger partial charge in [0.05, 0.1) is 10.0 Å². The van der Waals surface area contributed by atoms with Gasteiger partial charge in [-0.1, -0.05) is 51.3 Å². The smallest absolute Gasteiger partial charge is 0.329 e. The number of amides is 3.